The molecule has 8 heteroatoms. The molecular weight excluding hydrogens is 473 g/mol. The van der Waals surface area contributed by atoms with Crippen LogP contribution in [0.5, 0.6) is 0 Å². The van der Waals surface area contributed by atoms with Gasteiger partial charge in [0.1, 0.15) is 0 Å². The monoisotopic (exact) mass is 491 g/mol. The Hall–Kier alpha value is -2.41. The van der Waals surface area contributed by atoms with Crippen molar-refractivity contribution in [3.05, 3.63) is 46.7 Å². The van der Waals surface area contributed by atoms with Crippen molar-refractivity contribution < 1.29 is 19.1 Å². The summed E-state index contributed by atoms with van der Waals surface area (Å²) in [5.41, 5.74) is -1.53. The maximum Gasteiger partial charge on any atom is 0.336 e. The minimum atomic E-state index is -1.71. The van der Waals surface area contributed by atoms with Crippen LogP contribution in [0.25, 0.3) is 0 Å². The lowest BCUT2D eigenvalue weighted by atomic mass is 9.66. The van der Waals surface area contributed by atoms with Gasteiger partial charge < -0.3 is 14.4 Å². The highest BCUT2D eigenvalue weighted by atomic mass is 127. The first-order chi connectivity index (χ1) is 13.3. The van der Waals surface area contributed by atoms with Crippen LogP contribution in [-0.2, 0) is 20.0 Å². The van der Waals surface area contributed by atoms with Crippen LogP contribution in [0.4, 0.5) is 0 Å². The molecule has 144 valence electrons. The molecule has 0 aromatic heterocycles. The molecule has 2 aliphatic heterocycles. The number of methoxy groups -OCH3 is 1. The first kappa shape index (κ1) is 18.9. The number of alkyl halides is 1. The number of nitrogens with one attached hydrogen (secondary N) is 1. The predicted octanol–water partition coefficient (Wildman–Crippen LogP) is 2.90. The molecule has 1 aliphatic carbocycles. The average Bonchev–Trinajstić information content (AvgIpc) is 3.14. The molecule has 2 heterocycles. The maximum atomic E-state index is 13.9. The second-order valence-corrected chi connectivity index (χ2v) is 8.69. The summed E-state index contributed by atoms with van der Waals surface area (Å²) in [4.78, 5) is 28.7. The van der Waals surface area contributed by atoms with E-state index >= 15 is 0 Å². The van der Waals surface area contributed by atoms with Gasteiger partial charge in [-0.05, 0) is 35.9 Å². The Labute approximate surface area is 175 Å². The van der Waals surface area contributed by atoms with Gasteiger partial charge in [0.05, 0.1) is 18.8 Å². The second kappa shape index (κ2) is 5.80. The van der Waals surface area contributed by atoms with E-state index in [-0.39, 0.29) is 17.3 Å². The molecule has 7 nitrogen and oxygen atoms in total. The van der Waals surface area contributed by atoms with Gasteiger partial charge in [0.25, 0.3) is 0 Å². The molecule has 1 aromatic carbocycles. The molecule has 1 N–H and O–H groups in total. The number of Topliss-reactive ketones (excluding diaryl/α,β-unsaturated/α-hetero) is 1. The van der Waals surface area contributed by atoms with E-state index < -0.39 is 20.5 Å². The standard InChI is InChI=1S/C20H18IN3O4/c1-4-9-24-11(2)14(16(26)27-3)19-15(25)12-7-5-6-8-13(12)20(19,24)28-17(23)18(19,21)10-22/h5-8,23H,4,9H2,1-3H3/t18?,19-,20-/m1/s1. The SMILES string of the molecule is CCCN1C(C)=C(C(=O)OC)[C@]23C(=O)c4ccccc4[C@]12OC(=N)C3(I)C#N. The highest BCUT2D eigenvalue weighted by molar-refractivity contribution is 14.1. The lowest BCUT2D eigenvalue weighted by molar-refractivity contribution is -0.139. The van der Waals surface area contributed by atoms with Crippen molar-refractivity contribution in [2.75, 3.05) is 13.7 Å². The fraction of sp³-hybridized carbons (Fsp3) is 0.400. The second-order valence-electron chi connectivity index (χ2n) is 7.07. The number of nitriles is 1. The van der Waals surface area contributed by atoms with E-state index in [1.54, 1.807) is 53.8 Å². The van der Waals surface area contributed by atoms with Crippen LogP contribution in [0.2, 0.25) is 0 Å². The molecule has 0 spiro atoms. The summed E-state index contributed by atoms with van der Waals surface area (Å²) in [6, 6.07) is 9.11. The third-order valence-corrected chi connectivity index (χ3v) is 7.52. The Kier molecular flexibility index (Phi) is 3.92. The van der Waals surface area contributed by atoms with Crippen molar-refractivity contribution in [2.45, 2.75) is 29.4 Å². The van der Waals surface area contributed by atoms with E-state index in [9.17, 15) is 14.9 Å². The molecular formula is C20H18IN3O4. The summed E-state index contributed by atoms with van der Waals surface area (Å²) in [7, 11) is 1.25. The van der Waals surface area contributed by atoms with Crippen LogP contribution in [0.15, 0.2) is 35.5 Å². The normalized spacial score (nSPS) is 32.6. The van der Waals surface area contributed by atoms with Gasteiger partial charge in [0.15, 0.2) is 11.2 Å². The van der Waals surface area contributed by atoms with Gasteiger partial charge in [0.2, 0.25) is 15.0 Å². The van der Waals surface area contributed by atoms with Crippen molar-refractivity contribution in [2.24, 2.45) is 5.41 Å². The van der Waals surface area contributed by atoms with Gasteiger partial charge in [-0.15, -0.1) is 0 Å². The van der Waals surface area contributed by atoms with E-state index in [2.05, 4.69) is 6.07 Å². The van der Waals surface area contributed by atoms with Crippen molar-refractivity contribution in [3.63, 3.8) is 0 Å². The van der Waals surface area contributed by atoms with Gasteiger partial charge >= 0.3 is 5.97 Å². The number of hydrogen-bond acceptors (Lipinski definition) is 7. The van der Waals surface area contributed by atoms with E-state index in [1.165, 1.54) is 7.11 Å². The number of ether oxygens (including phenoxy) is 2. The molecule has 3 atom stereocenters. The quantitative estimate of drug-likeness (QED) is 0.396. The number of benzene rings is 1. The van der Waals surface area contributed by atoms with Crippen molar-refractivity contribution in [3.8, 4) is 6.07 Å². The highest BCUT2D eigenvalue weighted by Gasteiger charge is 2.87. The minimum Gasteiger partial charge on any atom is -0.466 e. The predicted molar refractivity (Wildman–Crippen MR) is 108 cm³/mol. The number of carbonyl (C=O) groups is 2. The molecule has 0 bridgehead atoms. The number of ketones is 1. The number of esters is 1. The first-order valence-corrected chi connectivity index (χ1v) is 9.97. The van der Waals surface area contributed by atoms with Crippen molar-refractivity contribution in [1.82, 2.24) is 4.90 Å². The molecule has 1 aromatic rings. The molecule has 1 unspecified atom stereocenters. The van der Waals surface area contributed by atoms with Crippen LogP contribution in [-0.4, -0.2) is 39.6 Å². The maximum absolute atomic E-state index is 13.9. The van der Waals surface area contributed by atoms with Gasteiger partial charge in [-0.3, -0.25) is 10.2 Å². The van der Waals surface area contributed by atoms with Crippen LogP contribution >= 0.6 is 22.6 Å². The number of halogens is 1. The Morgan fingerprint density at radius 3 is 2.71 bits per heavy atom. The zero-order valence-corrected chi connectivity index (χ0v) is 17.8. The third kappa shape index (κ3) is 1.64. The number of fused-ring (bicyclic) bond motifs is 1. The summed E-state index contributed by atoms with van der Waals surface area (Å²) in [6.45, 7) is 4.21. The fourth-order valence-corrected chi connectivity index (χ4v) is 6.02. The van der Waals surface area contributed by atoms with Gasteiger partial charge in [0, 0.05) is 23.4 Å². The van der Waals surface area contributed by atoms with Crippen LogP contribution < -0.4 is 0 Å². The van der Waals surface area contributed by atoms with Crippen LogP contribution in [0, 0.1) is 22.2 Å². The Bertz CT molecular complexity index is 1030. The van der Waals surface area contributed by atoms with Gasteiger partial charge in [-0.25, -0.2) is 4.79 Å². The molecule has 0 amide bonds. The van der Waals surface area contributed by atoms with Crippen LogP contribution in [0.1, 0.15) is 36.2 Å². The summed E-state index contributed by atoms with van der Waals surface area (Å²) < 4.78 is 9.52. The Morgan fingerprint density at radius 2 is 2.11 bits per heavy atom. The number of nitrogens with zero attached hydrogens (tertiary/aromatic N) is 2. The number of hydrogen-bond donors (Lipinski definition) is 1. The topological polar surface area (TPSA) is 103 Å². The third-order valence-electron chi connectivity index (χ3n) is 5.98. The van der Waals surface area contributed by atoms with Crippen molar-refractivity contribution in [1.29, 1.82) is 10.7 Å². The molecule has 0 radical (unpaired) electrons. The number of carbonyl (C=O) groups excluding carboxylic acids is 2. The summed E-state index contributed by atoms with van der Waals surface area (Å²) in [5.74, 6) is -1.40. The Balaban J connectivity index is 2.21. The molecule has 28 heavy (non-hydrogen) atoms. The fourth-order valence-electron chi connectivity index (χ4n) is 5.03. The zero-order valence-electron chi connectivity index (χ0n) is 15.6. The largest absolute Gasteiger partial charge is 0.466 e. The zero-order chi connectivity index (χ0) is 20.5. The van der Waals surface area contributed by atoms with Crippen molar-refractivity contribution >= 4 is 40.2 Å². The molecule has 4 rings (SSSR count). The summed E-state index contributed by atoms with van der Waals surface area (Å²) >= 11 is 1.80. The van der Waals surface area contributed by atoms with E-state index in [1.807, 2.05) is 11.8 Å². The molecule has 1 fully saturated rings. The summed E-state index contributed by atoms with van der Waals surface area (Å²) in [6.07, 6.45) is 0.720. The molecule has 3 aliphatic rings. The lowest BCUT2D eigenvalue weighted by Crippen LogP contribution is -2.57. The Morgan fingerprint density at radius 1 is 1.43 bits per heavy atom. The van der Waals surface area contributed by atoms with E-state index in [0.29, 0.717) is 23.4 Å². The van der Waals surface area contributed by atoms with Gasteiger partial charge in [-0.1, -0.05) is 31.2 Å². The minimum absolute atomic E-state index is 0.0999. The van der Waals surface area contributed by atoms with Crippen LogP contribution in [0.3, 0.4) is 0 Å². The van der Waals surface area contributed by atoms with E-state index in [0.717, 1.165) is 6.42 Å². The molecule has 1 saturated heterocycles. The number of rotatable bonds is 3. The number of allylic oxidation sites excluding steroid dienone is 1. The average molecular weight is 491 g/mol. The summed E-state index contributed by atoms with van der Waals surface area (Å²) in [5, 5.41) is 18.6. The highest BCUT2D eigenvalue weighted by Crippen LogP contribution is 2.73. The first-order valence-electron chi connectivity index (χ1n) is 8.89. The van der Waals surface area contributed by atoms with E-state index in [4.69, 9.17) is 14.9 Å². The smallest absolute Gasteiger partial charge is 0.336 e. The molecule has 0 saturated carbocycles. The lowest BCUT2D eigenvalue weighted by Gasteiger charge is -2.41. The van der Waals surface area contributed by atoms with Gasteiger partial charge in [-0.2, -0.15) is 5.26 Å².